The first-order valence-electron chi connectivity index (χ1n) is 5.42. The Balaban J connectivity index is 0. The van der Waals surface area contributed by atoms with E-state index in [-0.39, 0.29) is 1.43 Å². The predicted molar refractivity (Wildman–Crippen MR) is 58.7 cm³/mol. The van der Waals surface area contributed by atoms with Crippen LogP contribution in [0.4, 0.5) is 0 Å². The summed E-state index contributed by atoms with van der Waals surface area (Å²) in [5.74, 6) is 0. The highest BCUT2D eigenvalue weighted by atomic mass is 15.0. The second-order valence-corrected chi connectivity index (χ2v) is 3.92. The molecule has 0 aromatic heterocycles. The first-order valence-corrected chi connectivity index (χ1v) is 5.42. The van der Waals surface area contributed by atoms with Gasteiger partial charge in [0.1, 0.15) is 0 Å². The zero-order chi connectivity index (χ0) is 9.23. The SMILES string of the molecule is CCCCCCCCCN(C)C.[HH]. The highest BCUT2D eigenvalue weighted by Crippen LogP contribution is 2.06. The quantitative estimate of drug-likeness (QED) is 0.507. The van der Waals surface area contributed by atoms with Gasteiger partial charge >= 0.3 is 0 Å². The van der Waals surface area contributed by atoms with Crippen LogP contribution < -0.4 is 0 Å². The molecule has 0 heterocycles. The van der Waals surface area contributed by atoms with Crippen LogP contribution in [0.1, 0.15) is 53.3 Å². The topological polar surface area (TPSA) is 3.24 Å². The van der Waals surface area contributed by atoms with Crippen molar-refractivity contribution < 1.29 is 1.43 Å². The molecule has 0 aromatic carbocycles. The summed E-state index contributed by atoms with van der Waals surface area (Å²) < 4.78 is 0. The molecule has 76 valence electrons. The Morgan fingerprint density at radius 2 is 1.33 bits per heavy atom. The summed E-state index contributed by atoms with van der Waals surface area (Å²) in [7, 11) is 4.30. The average Bonchev–Trinajstić information content (AvgIpc) is 2.02. The Morgan fingerprint density at radius 1 is 0.833 bits per heavy atom. The maximum Gasteiger partial charge on any atom is 0 e. The lowest BCUT2D eigenvalue weighted by molar-refractivity contribution is 0.389. The smallest absolute Gasteiger partial charge is 0 e. The van der Waals surface area contributed by atoms with Crippen molar-refractivity contribution in [3.8, 4) is 0 Å². The molecule has 0 rings (SSSR count). The lowest BCUT2D eigenvalue weighted by atomic mass is 10.1. The first-order chi connectivity index (χ1) is 5.77. The maximum absolute atomic E-state index is 2.27. The van der Waals surface area contributed by atoms with E-state index in [1.54, 1.807) is 0 Å². The molecule has 12 heavy (non-hydrogen) atoms. The highest BCUT2D eigenvalue weighted by molar-refractivity contribution is 4.47. The van der Waals surface area contributed by atoms with Gasteiger partial charge in [-0.25, -0.2) is 0 Å². The molecule has 1 heteroatoms. The first kappa shape index (κ1) is 12.0. The summed E-state index contributed by atoms with van der Waals surface area (Å²) in [6, 6.07) is 0. The summed E-state index contributed by atoms with van der Waals surface area (Å²) in [5.41, 5.74) is 0. The van der Waals surface area contributed by atoms with Gasteiger partial charge in [-0.1, -0.05) is 45.4 Å². The summed E-state index contributed by atoms with van der Waals surface area (Å²) in [6.45, 7) is 3.53. The van der Waals surface area contributed by atoms with Gasteiger partial charge in [0.15, 0.2) is 0 Å². The van der Waals surface area contributed by atoms with Crippen molar-refractivity contribution in [1.82, 2.24) is 4.90 Å². The molecule has 0 unspecified atom stereocenters. The molecule has 0 amide bonds. The van der Waals surface area contributed by atoms with Crippen LogP contribution in [0.5, 0.6) is 0 Å². The number of nitrogens with zero attached hydrogens (tertiary/aromatic N) is 1. The Bertz CT molecular complexity index is 84.2. The lowest BCUT2D eigenvalue weighted by Gasteiger charge is -2.08. The average molecular weight is 173 g/mol. The Morgan fingerprint density at radius 3 is 1.83 bits per heavy atom. The van der Waals surface area contributed by atoms with Crippen LogP contribution in [0.3, 0.4) is 0 Å². The molecule has 0 aliphatic heterocycles. The van der Waals surface area contributed by atoms with E-state index in [2.05, 4.69) is 25.9 Å². The number of rotatable bonds is 8. The standard InChI is InChI=1S/C11H25N.H2/c1-4-5-6-7-8-9-10-11-12(2)3;/h4-11H2,1-3H3;1H. The number of hydrogen-bond donors (Lipinski definition) is 0. The van der Waals surface area contributed by atoms with E-state index in [0.29, 0.717) is 0 Å². The maximum atomic E-state index is 2.27. The molecule has 0 saturated heterocycles. The molecular formula is C11H27N. The van der Waals surface area contributed by atoms with Crippen molar-refractivity contribution in [3.05, 3.63) is 0 Å². The summed E-state index contributed by atoms with van der Waals surface area (Å²) in [6.07, 6.45) is 9.90. The number of unbranched alkanes of at least 4 members (excludes halogenated alkanes) is 6. The molecule has 0 atom stereocenters. The van der Waals surface area contributed by atoms with Gasteiger partial charge in [0.05, 0.1) is 0 Å². The molecular weight excluding hydrogens is 146 g/mol. The Hall–Kier alpha value is -0.0400. The van der Waals surface area contributed by atoms with Crippen LogP contribution in [0, 0.1) is 0 Å². The van der Waals surface area contributed by atoms with E-state index in [1.807, 2.05) is 0 Å². The second-order valence-electron chi connectivity index (χ2n) is 3.92. The zero-order valence-corrected chi connectivity index (χ0v) is 9.10. The fourth-order valence-corrected chi connectivity index (χ4v) is 1.39. The van der Waals surface area contributed by atoms with Crippen molar-refractivity contribution >= 4 is 0 Å². The van der Waals surface area contributed by atoms with Crippen LogP contribution in [0.15, 0.2) is 0 Å². The van der Waals surface area contributed by atoms with Gasteiger partial charge in [0, 0.05) is 1.43 Å². The Labute approximate surface area is 79.6 Å². The lowest BCUT2D eigenvalue weighted by Crippen LogP contribution is -2.12. The Kier molecular flexibility index (Phi) is 9.02. The van der Waals surface area contributed by atoms with Crippen molar-refractivity contribution in [2.75, 3.05) is 20.6 Å². The van der Waals surface area contributed by atoms with Gasteiger partial charge in [-0.3, -0.25) is 0 Å². The van der Waals surface area contributed by atoms with Gasteiger partial charge in [-0.05, 0) is 27.1 Å². The minimum Gasteiger partial charge on any atom is -0.309 e. The molecule has 0 spiro atoms. The molecule has 0 bridgehead atoms. The van der Waals surface area contributed by atoms with E-state index in [0.717, 1.165) is 0 Å². The molecule has 0 aliphatic carbocycles. The normalized spacial score (nSPS) is 11.0. The van der Waals surface area contributed by atoms with E-state index < -0.39 is 0 Å². The molecule has 1 nitrogen and oxygen atoms in total. The summed E-state index contributed by atoms with van der Waals surface area (Å²) in [5, 5.41) is 0. The summed E-state index contributed by atoms with van der Waals surface area (Å²) in [4.78, 5) is 2.27. The molecule has 0 fully saturated rings. The molecule has 0 aliphatic rings. The molecule has 0 radical (unpaired) electrons. The van der Waals surface area contributed by atoms with Crippen molar-refractivity contribution in [3.63, 3.8) is 0 Å². The van der Waals surface area contributed by atoms with E-state index in [1.165, 1.54) is 51.5 Å². The van der Waals surface area contributed by atoms with Crippen LogP contribution in [-0.4, -0.2) is 25.5 Å². The monoisotopic (exact) mass is 173 g/mol. The van der Waals surface area contributed by atoms with Gasteiger partial charge < -0.3 is 4.90 Å². The van der Waals surface area contributed by atoms with Gasteiger partial charge in [-0.15, -0.1) is 0 Å². The van der Waals surface area contributed by atoms with Crippen LogP contribution in [0.25, 0.3) is 0 Å². The van der Waals surface area contributed by atoms with Crippen LogP contribution >= 0.6 is 0 Å². The minimum atomic E-state index is 0. The van der Waals surface area contributed by atoms with Crippen molar-refractivity contribution in [2.24, 2.45) is 0 Å². The largest absolute Gasteiger partial charge is 0.309 e. The second kappa shape index (κ2) is 9.05. The molecule has 0 aromatic rings. The van der Waals surface area contributed by atoms with Gasteiger partial charge in [0.25, 0.3) is 0 Å². The summed E-state index contributed by atoms with van der Waals surface area (Å²) >= 11 is 0. The van der Waals surface area contributed by atoms with E-state index in [4.69, 9.17) is 0 Å². The molecule has 0 N–H and O–H groups in total. The third-order valence-corrected chi connectivity index (χ3v) is 2.21. The van der Waals surface area contributed by atoms with Crippen LogP contribution in [-0.2, 0) is 0 Å². The van der Waals surface area contributed by atoms with Crippen molar-refractivity contribution in [1.29, 1.82) is 0 Å². The zero-order valence-electron chi connectivity index (χ0n) is 9.10. The fourth-order valence-electron chi connectivity index (χ4n) is 1.39. The minimum absolute atomic E-state index is 0. The molecule has 0 saturated carbocycles. The van der Waals surface area contributed by atoms with Gasteiger partial charge in [0.2, 0.25) is 0 Å². The third-order valence-electron chi connectivity index (χ3n) is 2.21. The highest BCUT2D eigenvalue weighted by Gasteiger charge is 1.91. The number of hydrogen-bond acceptors (Lipinski definition) is 1. The third kappa shape index (κ3) is 9.96. The van der Waals surface area contributed by atoms with E-state index in [9.17, 15) is 0 Å². The van der Waals surface area contributed by atoms with Gasteiger partial charge in [-0.2, -0.15) is 0 Å². The van der Waals surface area contributed by atoms with E-state index >= 15 is 0 Å². The van der Waals surface area contributed by atoms with Crippen molar-refractivity contribution in [2.45, 2.75) is 51.9 Å². The fraction of sp³-hybridized carbons (Fsp3) is 1.00. The van der Waals surface area contributed by atoms with Crippen LogP contribution in [0.2, 0.25) is 0 Å². The predicted octanol–water partition coefficient (Wildman–Crippen LogP) is 3.54.